The quantitative estimate of drug-likeness (QED) is 0.321. The highest BCUT2D eigenvalue weighted by molar-refractivity contribution is 7.43. The van der Waals surface area contributed by atoms with E-state index in [9.17, 15) is 0 Å². The van der Waals surface area contributed by atoms with Crippen LogP contribution in [0.4, 0.5) is 0 Å². The molecule has 0 saturated carbocycles. The van der Waals surface area contributed by atoms with Crippen molar-refractivity contribution in [1.82, 2.24) is 12.3 Å². The van der Waals surface area contributed by atoms with E-state index in [0.717, 1.165) is 0 Å². The Labute approximate surface area is 58.6 Å². The summed E-state index contributed by atoms with van der Waals surface area (Å²) in [5.74, 6) is 0. The fraction of sp³-hybridized carbons (Fsp3) is 0. The molecule has 0 aliphatic rings. The van der Waals surface area contributed by atoms with Gasteiger partial charge in [0.15, 0.2) is 0 Å². The van der Waals surface area contributed by atoms with E-state index in [4.69, 9.17) is 28.7 Å². The summed E-state index contributed by atoms with van der Waals surface area (Å²) in [4.78, 5) is 29.9. The molecule has 0 amide bonds. The number of quaternary nitrogens is 2. The highest BCUT2D eigenvalue weighted by atomic mass is 31.2. The van der Waals surface area contributed by atoms with Crippen LogP contribution in [0.2, 0.25) is 0 Å². The van der Waals surface area contributed by atoms with Crippen LogP contribution in [0.25, 0.3) is 0 Å². The number of phosphoric acid groups is 1. The second-order valence-electron chi connectivity index (χ2n) is 0.572. The molecular formula is H11N2O6P2+. The normalized spacial score (nSPS) is 8.00. The summed E-state index contributed by atoms with van der Waals surface area (Å²) >= 11 is 0. The minimum absolute atomic E-state index is 0. The summed E-state index contributed by atoms with van der Waals surface area (Å²) in [6.45, 7) is 0. The third-order valence-corrected chi connectivity index (χ3v) is 0. The molecule has 66 valence electrons. The molecule has 0 radical (unpaired) electrons. The molecule has 10 heavy (non-hydrogen) atoms. The number of hydrogen-bond donors (Lipinski definition) is 5. The molecule has 0 spiro atoms. The van der Waals surface area contributed by atoms with Crippen LogP contribution < -0.4 is 17.2 Å². The maximum atomic E-state index is 8.77. The standard InChI is InChI=1S/2H3N.H3O4P.HO2P/c;;1-5(2,3)4;1-3-2/h2*1H3;(H3,1,2,3,4);(H,1,2)/p+1. The van der Waals surface area contributed by atoms with Crippen LogP contribution in [0.1, 0.15) is 0 Å². The Morgan fingerprint density at radius 3 is 1.30 bits per heavy atom. The van der Waals surface area contributed by atoms with Crippen molar-refractivity contribution in [2.45, 2.75) is 0 Å². The van der Waals surface area contributed by atoms with Gasteiger partial charge in [0.05, 0.1) is 0 Å². The topological polar surface area (TPSA) is 191 Å². The lowest BCUT2D eigenvalue weighted by Crippen LogP contribution is -1.94. The van der Waals surface area contributed by atoms with Gasteiger partial charge in [-0.05, 0) is 0 Å². The Morgan fingerprint density at radius 2 is 1.30 bits per heavy atom. The summed E-state index contributed by atoms with van der Waals surface area (Å²) in [5.41, 5.74) is 0. The van der Waals surface area contributed by atoms with E-state index < -0.39 is 16.5 Å². The third-order valence-electron chi connectivity index (χ3n) is 0. The highest BCUT2D eigenvalue weighted by Crippen LogP contribution is 2.18. The molecule has 0 aromatic rings. The molecule has 8 nitrogen and oxygen atoms in total. The molecular weight excluding hydrogens is 186 g/mol. The molecule has 0 unspecified atom stereocenters. The molecule has 0 aliphatic carbocycles. The number of hydrogen-bond acceptors (Lipinski definition) is 3. The third kappa shape index (κ3) is 50200. The van der Waals surface area contributed by atoms with E-state index in [2.05, 4.69) is 0 Å². The minimum Gasteiger partial charge on any atom is -0.756 e. The van der Waals surface area contributed by atoms with Crippen molar-refractivity contribution in [2.24, 2.45) is 0 Å². The van der Waals surface area contributed by atoms with E-state index in [1.54, 1.807) is 0 Å². The summed E-state index contributed by atoms with van der Waals surface area (Å²) in [7, 11) is -5.72. The monoisotopic (exact) mass is 197 g/mol. The molecule has 0 rings (SSSR count). The molecule has 0 aromatic carbocycles. The minimum atomic E-state index is -4.89. The maximum Gasteiger partial charge on any atom is 0.324 e. The highest BCUT2D eigenvalue weighted by Gasteiger charge is 1.82. The first-order chi connectivity index (χ1) is 3.41. The SMILES string of the molecule is O=P([O-])(O)O.O=PO.[NH4+].[NH4+]. The van der Waals surface area contributed by atoms with Crippen LogP contribution in [0.15, 0.2) is 0 Å². The Balaban J connectivity index is -0.0000000326. The lowest BCUT2D eigenvalue weighted by atomic mass is 14.0. The zero-order valence-electron chi connectivity index (χ0n) is 5.46. The van der Waals surface area contributed by atoms with Gasteiger partial charge in [0.2, 0.25) is 0 Å². The van der Waals surface area contributed by atoms with E-state index in [-0.39, 0.29) is 12.3 Å². The van der Waals surface area contributed by atoms with Crippen LogP contribution in [0.3, 0.4) is 0 Å². The molecule has 0 heterocycles. The van der Waals surface area contributed by atoms with Gasteiger partial charge in [0.25, 0.3) is 7.82 Å². The van der Waals surface area contributed by atoms with Gasteiger partial charge < -0.3 is 31.9 Å². The second-order valence-corrected chi connectivity index (χ2v) is 1.72. The summed E-state index contributed by atoms with van der Waals surface area (Å²) in [5, 5.41) is 0. The molecule has 0 aromatic heterocycles. The van der Waals surface area contributed by atoms with Crippen molar-refractivity contribution in [3.63, 3.8) is 0 Å². The van der Waals surface area contributed by atoms with Crippen molar-refractivity contribution in [2.75, 3.05) is 0 Å². The maximum absolute atomic E-state index is 8.77. The van der Waals surface area contributed by atoms with Gasteiger partial charge in [-0.2, -0.15) is 0 Å². The average molecular weight is 197 g/mol. The summed E-state index contributed by atoms with van der Waals surface area (Å²) in [6.07, 6.45) is 0. The van der Waals surface area contributed by atoms with Crippen LogP contribution in [-0.4, -0.2) is 14.7 Å². The zero-order valence-corrected chi connectivity index (χ0v) is 7.25. The molecule has 11 N–H and O–H groups in total. The van der Waals surface area contributed by atoms with Crippen LogP contribution >= 0.6 is 16.5 Å². The molecule has 0 saturated heterocycles. The van der Waals surface area contributed by atoms with Crippen LogP contribution in [-0.2, 0) is 9.13 Å². The largest absolute Gasteiger partial charge is 0.756 e. The smallest absolute Gasteiger partial charge is 0.324 e. The summed E-state index contributed by atoms with van der Waals surface area (Å²) < 4.78 is 17.2. The fourth-order valence-electron chi connectivity index (χ4n) is 0. The van der Waals surface area contributed by atoms with Crippen molar-refractivity contribution >= 4 is 16.5 Å². The Morgan fingerprint density at radius 1 is 1.30 bits per heavy atom. The van der Waals surface area contributed by atoms with E-state index >= 15 is 0 Å². The van der Waals surface area contributed by atoms with Gasteiger partial charge in [-0.25, -0.2) is 4.57 Å². The van der Waals surface area contributed by atoms with Crippen molar-refractivity contribution in [3.8, 4) is 0 Å². The molecule has 0 bridgehead atoms. The fourth-order valence-corrected chi connectivity index (χ4v) is 0. The van der Waals surface area contributed by atoms with Gasteiger partial charge in [0, 0.05) is 0 Å². The molecule has 10 heteroatoms. The van der Waals surface area contributed by atoms with Gasteiger partial charge in [-0.3, -0.25) is 4.57 Å². The Hall–Kier alpha value is 0.0900. The van der Waals surface area contributed by atoms with E-state index in [0.29, 0.717) is 0 Å². The predicted octanol–water partition coefficient (Wildman–Crippen LogP) is -0.623. The van der Waals surface area contributed by atoms with E-state index in [1.165, 1.54) is 0 Å². The lowest BCUT2D eigenvalue weighted by molar-refractivity contribution is -0.214. The van der Waals surface area contributed by atoms with Gasteiger partial charge in [-0.15, -0.1) is 0 Å². The average Bonchev–Trinajstić information content (AvgIpc) is 1.27. The zero-order chi connectivity index (χ0) is 7.21. The van der Waals surface area contributed by atoms with Gasteiger partial charge in [0.1, 0.15) is 0 Å². The van der Waals surface area contributed by atoms with Crippen molar-refractivity contribution < 1.29 is 28.7 Å². The lowest BCUT2D eigenvalue weighted by Gasteiger charge is -2.01. The molecule has 0 fully saturated rings. The first kappa shape index (κ1) is 22.5. The molecule has 0 aliphatic heterocycles. The second kappa shape index (κ2) is 11.8. The number of rotatable bonds is 0. The van der Waals surface area contributed by atoms with Crippen LogP contribution in [0, 0.1) is 0 Å². The first-order valence-corrected chi connectivity index (χ1v) is 3.44. The van der Waals surface area contributed by atoms with Crippen LogP contribution in [0.5, 0.6) is 0 Å². The van der Waals surface area contributed by atoms with Crippen molar-refractivity contribution in [1.29, 1.82) is 0 Å². The first-order valence-electron chi connectivity index (χ1n) is 1.15. The van der Waals surface area contributed by atoms with Gasteiger partial charge >= 0.3 is 8.69 Å². The molecule has 0 atom stereocenters. The summed E-state index contributed by atoms with van der Waals surface area (Å²) in [6, 6.07) is 0. The van der Waals surface area contributed by atoms with E-state index in [1.807, 2.05) is 0 Å². The Kier molecular flexibility index (Phi) is 26.6. The Bertz CT molecular complexity index is 87.7. The predicted molar refractivity (Wildman–Crippen MR) is 33.8 cm³/mol. The van der Waals surface area contributed by atoms with Gasteiger partial charge in [-0.1, -0.05) is 0 Å². The van der Waals surface area contributed by atoms with Crippen molar-refractivity contribution in [3.05, 3.63) is 0 Å².